The number of carbonyl (C=O) groups excluding carboxylic acids is 1. The predicted molar refractivity (Wildman–Crippen MR) is 90.2 cm³/mol. The number of nitrogens with one attached hydrogen (secondary N) is 1. The number of hydrogen-bond donors (Lipinski definition) is 2. The van der Waals surface area contributed by atoms with Crippen molar-refractivity contribution >= 4 is 11.9 Å². The molecule has 0 unspecified atom stereocenters. The zero-order valence-electron chi connectivity index (χ0n) is 14.9. The van der Waals surface area contributed by atoms with Crippen molar-refractivity contribution < 1.29 is 41.0 Å². The third-order valence-electron chi connectivity index (χ3n) is 3.98. The number of carbonyl (C=O) groups is 2. The number of benzene rings is 2. The Morgan fingerprint density at radius 1 is 0.966 bits per heavy atom. The highest BCUT2D eigenvalue weighted by Crippen LogP contribution is 2.36. The van der Waals surface area contributed by atoms with E-state index < -0.39 is 47.0 Å². The van der Waals surface area contributed by atoms with E-state index in [9.17, 15) is 41.0 Å². The highest BCUT2D eigenvalue weighted by Gasteiger charge is 2.37. The second-order valence-electron chi connectivity index (χ2n) is 6.35. The predicted octanol–water partition coefficient (Wildman–Crippen LogP) is 4.46. The fraction of sp³-hybridized carbons (Fsp3) is 0.263. The van der Waals surface area contributed by atoms with Crippen LogP contribution in [-0.4, -0.2) is 23.0 Å². The van der Waals surface area contributed by atoms with Crippen molar-refractivity contribution in [2.45, 2.75) is 31.7 Å². The van der Waals surface area contributed by atoms with Gasteiger partial charge in [0.1, 0.15) is 6.04 Å². The van der Waals surface area contributed by atoms with Gasteiger partial charge in [-0.3, -0.25) is 4.79 Å². The van der Waals surface area contributed by atoms with E-state index in [2.05, 4.69) is 0 Å². The molecule has 10 heteroatoms. The molecule has 0 bridgehead atoms. The Kier molecular flexibility index (Phi) is 6.24. The summed E-state index contributed by atoms with van der Waals surface area (Å²) in [6.07, 6.45) is -10.4. The molecule has 0 aromatic heterocycles. The monoisotopic (exact) mass is 419 g/mol. The standard InChI is InChI=1S/C19H15F6NO3/c1-10-3-2-4-11(5-10)6-15(17(28)29)26-16(27)12-7-13(18(20,21)22)9-14(8-12)19(23,24)25/h2-5,7-9,15H,6H2,1H3,(H,26,27)(H,28,29)/t15-/m0/s1. The maximum Gasteiger partial charge on any atom is 0.416 e. The van der Waals surface area contributed by atoms with Gasteiger partial charge in [0.15, 0.2) is 0 Å². The van der Waals surface area contributed by atoms with Crippen LogP contribution in [0.25, 0.3) is 0 Å². The zero-order chi connectivity index (χ0) is 22.0. The first-order valence-corrected chi connectivity index (χ1v) is 8.16. The molecule has 0 aliphatic rings. The molecule has 0 saturated carbocycles. The molecule has 0 radical (unpaired) electrons. The van der Waals surface area contributed by atoms with E-state index in [-0.39, 0.29) is 24.6 Å². The number of amides is 1. The number of halogens is 6. The Labute approximate surface area is 161 Å². The maximum atomic E-state index is 12.9. The summed E-state index contributed by atoms with van der Waals surface area (Å²) >= 11 is 0. The minimum atomic E-state index is -5.12. The van der Waals surface area contributed by atoms with E-state index in [0.29, 0.717) is 5.56 Å². The normalized spacial score (nSPS) is 13.1. The van der Waals surface area contributed by atoms with Gasteiger partial charge >= 0.3 is 18.3 Å². The van der Waals surface area contributed by atoms with Crippen molar-refractivity contribution in [1.29, 1.82) is 0 Å². The largest absolute Gasteiger partial charge is 0.480 e. The third kappa shape index (κ3) is 5.97. The molecule has 1 amide bonds. The Morgan fingerprint density at radius 3 is 1.97 bits per heavy atom. The maximum absolute atomic E-state index is 12.9. The van der Waals surface area contributed by atoms with E-state index in [4.69, 9.17) is 0 Å². The fourth-order valence-electron chi connectivity index (χ4n) is 2.60. The molecule has 0 fully saturated rings. The molecule has 0 aliphatic carbocycles. The first-order chi connectivity index (χ1) is 13.3. The molecule has 156 valence electrons. The first kappa shape index (κ1) is 22.3. The van der Waals surface area contributed by atoms with E-state index in [1.165, 1.54) is 0 Å². The van der Waals surface area contributed by atoms with Gasteiger partial charge in [-0.2, -0.15) is 26.3 Å². The molecule has 29 heavy (non-hydrogen) atoms. The number of carboxylic acid groups (broad SMARTS) is 1. The van der Waals surface area contributed by atoms with Gasteiger partial charge in [-0.05, 0) is 30.7 Å². The summed E-state index contributed by atoms with van der Waals surface area (Å²) < 4.78 is 77.5. The summed E-state index contributed by atoms with van der Waals surface area (Å²) in [5, 5.41) is 11.3. The molecular weight excluding hydrogens is 404 g/mol. The van der Waals surface area contributed by atoms with Crippen molar-refractivity contribution in [1.82, 2.24) is 5.32 Å². The van der Waals surface area contributed by atoms with Gasteiger partial charge in [0.05, 0.1) is 11.1 Å². The van der Waals surface area contributed by atoms with Crippen LogP contribution in [0, 0.1) is 6.92 Å². The van der Waals surface area contributed by atoms with E-state index >= 15 is 0 Å². The summed E-state index contributed by atoms with van der Waals surface area (Å²) in [6, 6.07) is 5.46. The molecular formula is C19H15F6NO3. The van der Waals surface area contributed by atoms with Crippen molar-refractivity contribution in [2.75, 3.05) is 0 Å². The van der Waals surface area contributed by atoms with E-state index in [1.807, 2.05) is 5.32 Å². The number of rotatable bonds is 5. The second-order valence-corrected chi connectivity index (χ2v) is 6.35. The van der Waals surface area contributed by atoms with Crippen molar-refractivity contribution in [3.63, 3.8) is 0 Å². The summed E-state index contributed by atoms with van der Waals surface area (Å²) in [5.41, 5.74) is -2.93. The van der Waals surface area contributed by atoms with Crippen LogP contribution in [-0.2, 0) is 23.6 Å². The van der Waals surface area contributed by atoms with Crippen LogP contribution in [0.2, 0.25) is 0 Å². The van der Waals surface area contributed by atoms with Crippen LogP contribution in [0.1, 0.15) is 32.6 Å². The Balaban J connectivity index is 2.35. The van der Waals surface area contributed by atoms with Crippen molar-refractivity contribution in [3.05, 3.63) is 70.3 Å². The molecule has 0 aliphatic heterocycles. The smallest absolute Gasteiger partial charge is 0.416 e. The lowest BCUT2D eigenvalue weighted by molar-refractivity contribution is -0.143. The minimum Gasteiger partial charge on any atom is -0.480 e. The number of aliphatic carboxylic acids is 1. The van der Waals surface area contributed by atoms with Crippen molar-refractivity contribution in [3.8, 4) is 0 Å². The van der Waals surface area contributed by atoms with Crippen LogP contribution in [0.15, 0.2) is 42.5 Å². The fourth-order valence-corrected chi connectivity index (χ4v) is 2.60. The lowest BCUT2D eigenvalue weighted by Crippen LogP contribution is -2.42. The quantitative estimate of drug-likeness (QED) is 0.704. The van der Waals surface area contributed by atoms with Gasteiger partial charge in [0.25, 0.3) is 5.91 Å². The Bertz CT molecular complexity index is 889. The number of carboxylic acids is 1. The van der Waals surface area contributed by atoms with Crippen LogP contribution in [0.4, 0.5) is 26.3 Å². The number of aryl methyl sites for hydroxylation is 1. The molecule has 1 atom stereocenters. The first-order valence-electron chi connectivity index (χ1n) is 8.16. The number of hydrogen-bond acceptors (Lipinski definition) is 2. The highest BCUT2D eigenvalue weighted by atomic mass is 19.4. The van der Waals surface area contributed by atoms with Crippen LogP contribution in [0.5, 0.6) is 0 Å². The van der Waals surface area contributed by atoms with Gasteiger partial charge in [0.2, 0.25) is 0 Å². The highest BCUT2D eigenvalue weighted by molar-refractivity contribution is 5.97. The zero-order valence-corrected chi connectivity index (χ0v) is 14.9. The molecule has 4 nitrogen and oxygen atoms in total. The van der Waals surface area contributed by atoms with Gasteiger partial charge in [-0.15, -0.1) is 0 Å². The molecule has 2 aromatic carbocycles. The van der Waals surface area contributed by atoms with Gasteiger partial charge in [0, 0.05) is 12.0 Å². The average molecular weight is 419 g/mol. The van der Waals surface area contributed by atoms with Crippen LogP contribution < -0.4 is 5.32 Å². The SMILES string of the molecule is Cc1cccc(C[C@H](NC(=O)c2cc(C(F)(F)F)cc(C(F)(F)F)c2)C(=O)O)c1. The Hall–Kier alpha value is -3.04. The summed E-state index contributed by atoms with van der Waals surface area (Å²) in [5.74, 6) is -2.84. The molecule has 0 saturated heterocycles. The van der Waals surface area contributed by atoms with Crippen molar-refractivity contribution in [2.24, 2.45) is 0 Å². The third-order valence-corrected chi connectivity index (χ3v) is 3.98. The van der Waals surface area contributed by atoms with Gasteiger partial charge < -0.3 is 10.4 Å². The molecule has 2 N–H and O–H groups in total. The second kappa shape index (κ2) is 8.14. The summed E-state index contributed by atoms with van der Waals surface area (Å²) in [4.78, 5) is 23.7. The lowest BCUT2D eigenvalue weighted by atomic mass is 10.0. The Morgan fingerprint density at radius 2 is 1.52 bits per heavy atom. The summed E-state index contributed by atoms with van der Waals surface area (Å²) in [6.45, 7) is 1.75. The average Bonchev–Trinajstić information content (AvgIpc) is 2.59. The minimum absolute atomic E-state index is 0.113. The van der Waals surface area contributed by atoms with Gasteiger partial charge in [-0.1, -0.05) is 29.8 Å². The topological polar surface area (TPSA) is 66.4 Å². The van der Waals surface area contributed by atoms with Gasteiger partial charge in [-0.25, -0.2) is 4.79 Å². The molecule has 2 aromatic rings. The van der Waals surface area contributed by atoms with E-state index in [0.717, 1.165) is 5.56 Å². The van der Waals surface area contributed by atoms with Crippen LogP contribution in [0.3, 0.4) is 0 Å². The van der Waals surface area contributed by atoms with Crippen LogP contribution >= 0.6 is 0 Å². The lowest BCUT2D eigenvalue weighted by Gasteiger charge is -2.17. The molecule has 2 rings (SSSR count). The molecule has 0 heterocycles. The number of alkyl halides is 6. The van der Waals surface area contributed by atoms with E-state index in [1.54, 1.807) is 31.2 Å². The summed E-state index contributed by atoms with van der Waals surface area (Å²) in [7, 11) is 0. The molecule has 0 spiro atoms.